The van der Waals surface area contributed by atoms with Gasteiger partial charge >= 0.3 is 12.1 Å². The molecule has 132 valence electrons. The fourth-order valence-corrected chi connectivity index (χ4v) is 2.60. The quantitative estimate of drug-likeness (QED) is 0.802. The highest BCUT2D eigenvalue weighted by Crippen LogP contribution is 2.24. The Kier molecular flexibility index (Phi) is 6.51. The fraction of sp³-hybridized carbons (Fsp3) is 0.263. The number of amides is 1. The van der Waals surface area contributed by atoms with E-state index in [2.05, 4.69) is 5.32 Å². The number of aliphatic carboxylic acids is 1. The predicted octanol–water partition coefficient (Wildman–Crippen LogP) is 3.70. The molecule has 0 aromatic heterocycles. The van der Waals surface area contributed by atoms with E-state index in [1.807, 2.05) is 18.2 Å². The average molecular weight is 345 g/mol. The molecule has 6 heteroatoms. The van der Waals surface area contributed by atoms with E-state index in [-0.39, 0.29) is 6.61 Å². The van der Waals surface area contributed by atoms with Gasteiger partial charge in [0.15, 0.2) is 0 Å². The van der Waals surface area contributed by atoms with E-state index in [0.29, 0.717) is 12.0 Å². The second-order valence-corrected chi connectivity index (χ2v) is 5.59. The molecule has 0 spiro atoms. The number of nitrogens with one attached hydrogen (secondary N) is 1. The highest BCUT2D eigenvalue weighted by molar-refractivity contribution is 5.81. The molecule has 2 N–H and O–H groups in total. The molecular formula is C19H20FNO4. The van der Waals surface area contributed by atoms with E-state index in [1.54, 1.807) is 19.1 Å². The van der Waals surface area contributed by atoms with Crippen LogP contribution in [0.3, 0.4) is 0 Å². The molecule has 2 aromatic carbocycles. The van der Waals surface area contributed by atoms with Gasteiger partial charge in [-0.2, -0.15) is 0 Å². The van der Waals surface area contributed by atoms with Crippen molar-refractivity contribution in [3.8, 4) is 0 Å². The summed E-state index contributed by atoms with van der Waals surface area (Å²) >= 11 is 0. The van der Waals surface area contributed by atoms with Crippen molar-refractivity contribution >= 4 is 12.1 Å². The third kappa shape index (κ3) is 5.31. The first-order chi connectivity index (χ1) is 12.0. The van der Waals surface area contributed by atoms with Crippen molar-refractivity contribution in [3.05, 3.63) is 71.5 Å². The van der Waals surface area contributed by atoms with Crippen LogP contribution < -0.4 is 5.32 Å². The molecule has 0 bridgehead atoms. The van der Waals surface area contributed by atoms with Crippen molar-refractivity contribution in [2.75, 3.05) is 0 Å². The average Bonchev–Trinajstić information content (AvgIpc) is 2.62. The predicted molar refractivity (Wildman–Crippen MR) is 90.6 cm³/mol. The van der Waals surface area contributed by atoms with Crippen LogP contribution in [-0.4, -0.2) is 23.2 Å². The highest BCUT2D eigenvalue weighted by Gasteiger charge is 2.30. The normalized spacial score (nSPS) is 12.9. The lowest BCUT2D eigenvalue weighted by Gasteiger charge is -2.24. The van der Waals surface area contributed by atoms with Gasteiger partial charge in [0.05, 0.1) is 0 Å². The Bertz CT molecular complexity index is 703. The second kappa shape index (κ2) is 8.82. The molecule has 0 aliphatic rings. The summed E-state index contributed by atoms with van der Waals surface area (Å²) in [5, 5.41) is 11.9. The van der Waals surface area contributed by atoms with E-state index in [1.165, 1.54) is 24.3 Å². The van der Waals surface area contributed by atoms with Crippen molar-refractivity contribution < 1.29 is 23.8 Å². The van der Waals surface area contributed by atoms with Gasteiger partial charge in [0, 0.05) is 5.92 Å². The Morgan fingerprint density at radius 1 is 1.12 bits per heavy atom. The van der Waals surface area contributed by atoms with Crippen LogP contribution in [-0.2, 0) is 16.1 Å². The van der Waals surface area contributed by atoms with Crippen LogP contribution in [0.15, 0.2) is 54.6 Å². The molecular weight excluding hydrogens is 325 g/mol. The molecule has 0 aliphatic heterocycles. The third-order valence-electron chi connectivity index (χ3n) is 3.89. The van der Waals surface area contributed by atoms with E-state index in [9.17, 15) is 19.1 Å². The van der Waals surface area contributed by atoms with E-state index in [4.69, 9.17) is 4.74 Å². The maximum atomic E-state index is 13.1. The number of alkyl carbamates (subject to hydrolysis) is 1. The van der Waals surface area contributed by atoms with Gasteiger partial charge in [-0.1, -0.05) is 49.4 Å². The van der Waals surface area contributed by atoms with Gasteiger partial charge < -0.3 is 15.2 Å². The lowest BCUT2D eigenvalue weighted by atomic mass is 9.89. The first-order valence-electron chi connectivity index (χ1n) is 7.96. The SMILES string of the molecule is CCC(c1ccc(F)cc1)C(NC(=O)OCc1ccccc1)C(=O)O. The van der Waals surface area contributed by atoms with Crippen LogP contribution in [0.4, 0.5) is 9.18 Å². The lowest BCUT2D eigenvalue weighted by Crippen LogP contribution is -2.45. The molecule has 0 heterocycles. The molecule has 0 fully saturated rings. The fourth-order valence-electron chi connectivity index (χ4n) is 2.60. The summed E-state index contributed by atoms with van der Waals surface area (Å²) in [6, 6.07) is 13.5. The summed E-state index contributed by atoms with van der Waals surface area (Å²) in [7, 11) is 0. The molecule has 2 rings (SSSR count). The molecule has 25 heavy (non-hydrogen) atoms. The number of ether oxygens (including phenoxy) is 1. The summed E-state index contributed by atoms with van der Waals surface area (Å²) in [6.45, 7) is 1.85. The van der Waals surface area contributed by atoms with Gasteiger partial charge in [-0.25, -0.2) is 14.0 Å². The van der Waals surface area contributed by atoms with Gasteiger partial charge in [-0.15, -0.1) is 0 Å². The van der Waals surface area contributed by atoms with Crippen molar-refractivity contribution in [1.29, 1.82) is 0 Å². The number of carboxylic acids is 1. The third-order valence-corrected chi connectivity index (χ3v) is 3.89. The van der Waals surface area contributed by atoms with Crippen molar-refractivity contribution in [1.82, 2.24) is 5.32 Å². The summed E-state index contributed by atoms with van der Waals surface area (Å²) in [5.41, 5.74) is 1.44. The van der Waals surface area contributed by atoms with E-state index in [0.717, 1.165) is 5.56 Å². The number of hydrogen-bond donors (Lipinski definition) is 2. The monoisotopic (exact) mass is 345 g/mol. The molecule has 1 amide bonds. The van der Waals surface area contributed by atoms with Crippen molar-refractivity contribution in [3.63, 3.8) is 0 Å². The van der Waals surface area contributed by atoms with Crippen LogP contribution in [0.25, 0.3) is 0 Å². The maximum Gasteiger partial charge on any atom is 0.408 e. The Morgan fingerprint density at radius 3 is 2.32 bits per heavy atom. The number of rotatable bonds is 7. The Balaban J connectivity index is 2.04. The van der Waals surface area contributed by atoms with Crippen molar-refractivity contribution in [2.24, 2.45) is 0 Å². The largest absolute Gasteiger partial charge is 0.480 e. The summed E-state index contributed by atoms with van der Waals surface area (Å²) in [5.74, 6) is -2.07. The van der Waals surface area contributed by atoms with E-state index < -0.39 is 29.8 Å². The van der Waals surface area contributed by atoms with Crippen LogP contribution in [0, 0.1) is 5.82 Å². The van der Waals surface area contributed by atoms with Crippen LogP contribution in [0.5, 0.6) is 0 Å². The molecule has 0 saturated carbocycles. The molecule has 2 aromatic rings. The number of carboxylic acid groups (broad SMARTS) is 1. The number of carbonyl (C=O) groups is 2. The summed E-state index contributed by atoms with van der Waals surface area (Å²) in [6.07, 6.45) is -0.349. The lowest BCUT2D eigenvalue weighted by molar-refractivity contribution is -0.140. The minimum Gasteiger partial charge on any atom is -0.480 e. The Labute approximate surface area is 145 Å². The Hall–Kier alpha value is -2.89. The van der Waals surface area contributed by atoms with Gasteiger partial charge in [-0.3, -0.25) is 0 Å². The topological polar surface area (TPSA) is 75.6 Å². The van der Waals surface area contributed by atoms with Crippen molar-refractivity contribution in [2.45, 2.75) is 31.9 Å². The Morgan fingerprint density at radius 2 is 1.76 bits per heavy atom. The zero-order chi connectivity index (χ0) is 18.2. The minimum atomic E-state index is -1.17. The van der Waals surface area contributed by atoms with Gasteiger partial charge in [0.1, 0.15) is 18.5 Å². The standard InChI is InChI=1S/C19H20FNO4/c1-2-16(14-8-10-15(20)11-9-14)17(18(22)23)21-19(24)25-12-13-6-4-3-5-7-13/h3-11,16-17H,2,12H2,1H3,(H,21,24)(H,22,23). The number of hydrogen-bond acceptors (Lipinski definition) is 3. The number of carbonyl (C=O) groups excluding carboxylic acids is 1. The van der Waals surface area contributed by atoms with E-state index >= 15 is 0 Å². The van der Waals surface area contributed by atoms with Crippen LogP contribution in [0.2, 0.25) is 0 Å². The zero-order valence-corrected chi connectivity index (χ0v) is 13.8. The van der Waals surface area contributed by atoms with Gasteiger partial charge in [0.25, 0.3) is 0 Å². The van der Waals surface area contributed by atoms with Crippen LogP contribution in [0.1, 0.15) is 30.4 Å². The number of benzene rings is 2. The maximum absolute atomic E-state index is 13.1. The first-order valence-corrected chi connectivity index (χ1v) is 7.96. The number of halogens is 1. The first kappa shape index (κ1) is 18.4. The second-order valence-electron chi connectivity index (χ2n) is 5.59. The summed E-state index contributed by atoms with van der Waals surface area (Å²) in [4.78, 5) is 23.6. The van der Waals surface area contributed by atoms with Gasteiger partial charge in [-0.05, 0) is 29.7 Å². The molecule has 2 atom stereocenters. The molecule has 0 aliphatic carbocycles. The molecule has 0 saturated heterocycles. The van der Waals surface area contributed by atoms with Crippen LogP contribution >= 0.6 is 0 Å². The van der Waals surface area contributed by atoms with Gasteiger partial charge in [0.2, 0.25) is 0 Å². The minimum absolute atomic E-state index is 0.0480. The molecule has 5 nitrogen and oxygen atoms in total. The molecule has 2 unspecified atom stereocenters. The smallest absolute Gasteiger partial charge is 0.408 e. The zero-order valence-electron chi connectivity index (χ0n) is 13.8. The highest BCUT2D eigenvalue weighted by atomic mass is 19.1. The summed E-state index contributed by atoms with van der Waals surface area (Å²) < 4.78 is 18.2. The molecule has 0 radical (unpaired) electrons.